The van der Waals surface area contributed by atoms with E-state index in [1.807, 2.05) is 13.0 Å². The molecule has 0 aliphatic rings. The van der Waals surface area contributed by atoms with Gasteiger partial charge in [0.15, 0.2) is 11.5 Å². The van der Waals surface area contributed by atoms with Crippen molar-refractivity contribution < 1.29 is 4.79 Å². The molecule has 0 unspecified atom stereocenters. The van der Waals surface area contributed by atoms with Gasteiger partial charge < -0.3 is 11.5 Å². The van der Waals surface area contributed by atoms with Crippen LogP contribution in [0.1, 0.15) is 16.1 Å². The fraction of sp³-hybridized carbons (Fsp3) is 0.100. The van der Waals surface area contributed by atoms with Crippen LogP contribution in [-0.2, 0) is 0 Å². The molecule has 0 atom stereocenters. The van der Waals surface area contributed by atoms with Crippen LogP contribution in [0.5, 0.6) is 0 Å². The van der Waals surface area contributed by atoms with Crippen molar-refractivity contribution in [2.75, 3.05) is 5.73 Å². The molecule has 0 radical (unpaired) electrons. The third kappa shape index (κ3) is 2.14. The largest absolute Gasteiger partial charge is 0.396 e. The SMILES string of the molecule is Cc1cc(-n2cc(N)c(C(N)=O)n2)ncc1Br. The van der Waals surface area contributed by atoms with Gasteiger partial charge in [0, 0.05) is 10.7 Å². The number of aryl methyl sites for hydroxylation is 1. The Morgan fingerprint density at radius 3 is 2.76 bits per heavy atom. The number of carbonyl (C=O) groups excluding carboxylic acids is 1. The molecule has 0 fully saturated rings. The van der Waals surface area contributed by atoms with Crippen molar-refractivity contribution in [3.8, 4) is 5.82 Å². The van der Waals surface area contributed by atoms with Crippen LogP contribution < -0.4 is 11.5 Å². The fourth-order valence-electron chi connectivity index (χ4n) is 1.35. The number of nitrogens with zero attached hydrogens (tertiary/aromatic N) is 3. The lowest BCUT2D eigenvalue weighted by Crippen LogP contribution is -2.14. The van der Waals surface area contributed by atoms with Gasteiger partial charge in [-0.15, -0.1) is 0 Å². The number of halogens is 1. The zero-order valence-corrected chi connectivity index (χ0v) is 10.6. The molecule has 6 nitrogen and oxygen atoms in total. The Kier molecular flexibility index (Phi) is 2.84. The summed E-state index contributed by atoms with van der Waals surface area (Å²) in [5.74, 6) is -0.0833. The highest BCUT2D eigenvalue weighted by atomic mass is 79.9. The summed E-state index contributed by atoms with van der Waals surface area (Å²) in [6, 6.07) is 1.82. The number of hydrogen-bond acceptors (Lipinski definition) is 4. The van der Waals surface area contributed by atoms with Crippen molar-refractivity contribution in [3.63, 3.8) is 0 Å². The molecule has 0 bridgehead atoms. The van der Waals surface area contributed by atoms with Crippen molar-refractivity contribution >= 4 is 27.5 Å². The van der Waals surface area contributed by atoms with Gasteiger partial charge in [0.2, 0.25) is 0 Å². The third-order valence-corrected chi connectivity index (χ3v) is 3.07. The molecule has 4 N–H and O–H groups in total. The Morgan fingerprint density at radius 2 is 2.24 bits per heavy atom. The lowest BCUT2D eigenvalue weighted by molar-refractivity contribution is 0.0996. The summed E-state index contributed by atoms with van der Waals surface area (Å²) in [4.78, 5) is 15.2. The van der Waals surface area contributed by atoms with Gasteiger partial charge in [-0.1, -0.05) is 0 Å². The van der Waals surface area contributed by atoms with E-state index in [1.54, 1.807) is 6.20 Å². The first kappa shape index (κ1) is 11.6. The maximum Gasteiger partial charge on any atom is 0.271 e. The van der Waals surface area contributed by atoms with Gasteiger partial charge in [-0.2, -0.15) is 5.10 Å². The standard InChI is InChI=1S/C10H10BrN5O/c1-5-2-8(14-3-6(5)11)16-4-7(12)9(15-16)10(13)17/h2-4H,12H2,1H3,(H2,13,17). The van der Waals surface area contributed by atoms with E-state index in [9.17, 15) is 4.79 Å². The van der Waals surface area contributed by atoms with Crippen molar-refractivity contribution in [2.24, 2.45) is 5.73 Å². The van der Waals surface area contributed by atoms with E-state index in [-0.39, 0.29) is 11.4 Å². The topological polar surface area (TPSA) is 99.8 Å². The van der Waals surface area contributed by atoms with Crippen LogP contribution in [-0.4, -0.2) is 20.7 Å². The maximum atomic E-state index is 11.0. The van der Waals surface area contributed by atoms with Gasteiger partial charge in [-0.3, -0.25) is 4.79 Å². The van der Waals surface area contributed by atoms with E-state index >= 15 is 0 Å². The normalized spacial score (nSPS) is 10.5. The minimum atomic E-state index is -0.657. The molecule has 0 saturated heterocycles. The highest BCUT2D eigenvalue weighted by molar-refractivity contribution is 9.10. The second-order valence-corrected chi connectivity index (χ2v) is 4.39. The lowest BCUT2D eigenvalue weighted by Gasteiger charge is -2.02. The Bertz CT molecular complexity index is 592. The number of nitrogens with two attached hydrogens (primary N) is 2. The van der Waals surface area contributed by atoms with Gasteiger partial charge in [0.1, 0.15) is 0 Å². The molecule has 7 heteroatoms. The predicted octanol–water partition coefficient (Wildman–Crippen LogP) is 1.02. The molecule has 2 aromatic rings. The van der Waals surface area contributed by atoms with Crippen molar-refractivity contribution in [1.29, 1.82) is 0 Å². The fourth-order valence-corrected chi connectivity index (χ4v) is 1.56. The van der Waals surface area contributed by atoms with Crippen molar-refractivity contribution in [2.45, 2.75) is 6.92 Å². The van der Waals surface area contributed by atoms with E-state index in [1.165, 1.54) is 10.9 Å². The van der Waals surface area contributed by atoms with E-state index in [2.05, 4.69) is 26.0 Å². The summed E-state index contributed by atoms with van der Waals surface area (Å²) < 4.78 is 2.33. The molecule has 2 aromatic heterocycles. The molecule has 0 saturated carbocycles. The van der Waals surface area contributed by atoms with E-state index in [0.717, 1.165) is 10.0 Å². The summed E-state index contributed by atoms with van der Waals surface area (Å²) in [5, 5.41) is 3.99. The van der Waals surface area contributed by atoms with Crippen molar-refractivity contribution in [3.05, 3.63) is 34.2 Å². The number of amides is 1. The number of hydrogen-bond donors (Lipinski definition) is 2. The van der Waals surface area contributed by atoms with Gasteiger partial charge in [-0.25, -0.2) is 9.67 Å². The molecule has 0 aliphatic carbocycles. The number of anilines is 1. The number of nitrogen functional groups attached to an aromatic ring is 1. The number of rotatable bonds is 2. The Labute approximate surface area is 106 Å². The Hall–Kier alpha value is -1.89. The zero-order chi connectivity index (χ0) is 12.6. The van der Waals surface area contributed by atoms with E-state index in [4.69, 9.17) is 11.5 Å². The van der Waals surface area contributed by atoms with Crippen LogP contribution in [0.25, 0.3) is 5.82 Å². The molecule has 2 heterocycles. The number of carbonyl (C=O) groups is 1. The highest BCUT2D eigenvalue weighted by Crippen LogP contribution is 2.18. The van der Waals surface area contributed by atoms with Crippen LogP contribution in [0.2, 0.25) is 0 Å². The highest BCUT2D eigenvalue weighted by Gasteiger charge is 2.13. The molecule has 0 aromatic carbocycles. The average Bonchev–Trinajstić information content (AvgIpc) is 2.64. The summed E-state index contributed by atoms with van der Waals surface area (Å²) in [6.07, 6.45) is 3.17. The first-order valence-corrected chi connectivity index (χ1v) is 5.56. The summed E-state index contributed by atoms with van der Waals surface area (Å²) in [5.41, 5.74) is 12.1. The van der Waals surface area contributed by atoms with Gasteiger partial charge in [-0.05, 0) is 34.5 Å². The lowest BCUT2D eigenvalue weighted by atomic mass is 10.3. The number of primary amides is 1. The maximum absolute atomic E-state index is 11.0. The second kappa shape index (κ2) is 4.17. The minimum absolute atomic E-state index is 0.0485. The third-order valence-electron chi connectivity index (χ3n) is 2.24. The average molecular weight is 296 g/mol. The molecule has 1 amide bonds. The number of pyridine rings is 1. The number of aromatic nitrogens is 3. The monoisotopic (exact) mass is 295 g/mol. The molecule has 17 heavy (non-hydrogen) atoms. The van der Waals surface area contributed by atoms with Gasteiger partial charge in [0.05, 0.1) is 11.9 Å². The Balaban J connectivity index is 2.50. The summed E-state index contributed by atoms with van der Waals surface area (Å²) in [6.45, 7) is 1.93. The van der Waals surface area contributed by atoms with Crippen LogP contribution in [0.15, 0.2) is 22.9 Å². The zero-order valence-electron chi connectivity index (χ0n) is 9.01. The van der Waals surface area contributed by atoms with Crippen LogP contribution in [0, 0.1) is 6.92 Å². The molecular weight excluding hydrogens is 286 g/mol. The molecule has 0 spiro atoms. The minimum Gasteiger partial charge on any atom is -0.396 e. The van der Waals surface area contributed by atoms with Gasteiger partial charge in [0.25, 0.3) is 5.91 Å². The van der Waals surface area contributed by atoms with Crippen LogP contribution in [0.3, 0.4) is 0 Å². The second-order valence-electron chi connectivity index (χ2n) is 3.53. The summed E-state index contributed by atoms with van der Waals surface area (Å²) in [7, 11) is 0. The Morgan fingerprint density at radius 1 is 1.53 bits per heavy atom. The molecule has 0 aliphatic heterocycles. The van der Waals surface area contributed by atoms with Crippen LogP contribution in [0.4, 0.5) is 5.69 Å². The molecule has 2 rings (SSSR count). The van der Waals surface area contributed by atoms with E-state index < -0.39 is 5.91 Å². The first-order chi connectivity index (χ1) is 7.99. The van der Waals surface area contributed by atoms with Crippen molar-refractivity contribution in [1.82, 2.24) is 14.8 Å². The first-order valence-electron chi connectivity index (χ1n) is 4.76. The van der Waals surface area contributed by atoms with Gasteiger partial charge >= 0.3 is 0 Å². The predicted molar refractivity (Wildman–Crippen MR) is 66.7 cm³/mol. The van der Waals surface area contributed by atoms with E-state index in [0.29, 0.717) is 5.82 Å². The molecule has 88 valence electrons. The smallest absolute Gasteiger partial charge is 0.271 e. The molecular formula is C10H10BrN5O. The summed E-state index contributed by atoms with van der Waals surface area (Å²) >= 11 is 3.35. The van der Waals surface area contributed by atoms with Crippen LogP contribution >= 0.6 is 15.9 Å². The quantitative estimate of drug-likeness (QED) is 0.864.